The molecule has 0 spiro atoms. The highest BCUT2D eigenvalue weighted by molar-refractivity contribution is 5.90. The quantitative estimate of drug-likeness (QED) is 0.757. The third kappa shape index (κ3) is 2.92. The fraction of sp³-hybridized carbons (Fsp3) is 0.400. The van der Waals surface area contributed by atoms with Gasteiger partial charge in [0, 0.05) is 24.6 Å². The molecule has 0 unspecified atom stereocenters. The molecule has 0 radical (unpaired) electrons. The summed E-state index contributed by atoms with van der Waals surface area (Å²) in [6.07, 6.45) is 4.27. The minimum atomic E-state index is -0.312. The van der Waals surface area contributed by atoms with Crippen LogP contribution in [0.4, 0.5) is 0 Å². The second-order valence-electron chi connectivity index (χ2n) is 5.28. The molecule has 8 heteroatoms. The number of nitrogens with one attached hydrogen (secondary N) is 1. The predicted octanol–water partition coefficient (Wildman–Crippen LogP) is 0.930. The Bertz CT molecular complexity index is 816. The molecule has 23 heavy (non-hydrogen) atoms. The normalized spacial score (nSPS) is 11.1. The van der Waals surface area contributed by atoms with E-state index in [2.05, 4.69) is 39.3 Å². The monoisotopic (exact) mass is 313 g/mol. The highest BCUT2D eigenvalue weighted by Crippen LogP contribution is 2.12. The van der Waals surface area contributed by atoms with Gasteiger partial charge in [-0.05, 0) is 31.9 Å². The van der Waals surface area contributed by atoms with Crippen molar-refractivity contribution < 1.29 is 4.79 Å². The summed E-state index contributed by atoms with van der Waals surface area (Å²) in [6.45, 7) is 7.26. The standard InChI is InChI=1S/C15H19N7O/c1-4-12-10(2)19-21(11(12)3)9-7-16-14(23)13-18-15-17-6-5-8-22(15)20-13/h5-6,8H,4,7,9H2,1-3H3,(H,16,23). The number of aromatic nitrogens is 6. The van der Waals surface area contributed by atoms with Gasteiger partial charge in [-0.25, -0.2) is 9.50 Å². The minimum Gasteiger partial charge on any atom is -0.347 e. The number of carbonyl (C=O) groups is 1. The third-order valence-corrected chi connectivity index (χ3v) is 3.81. The SMILES string of the molecule is CCc1c(C)nn(CCNC(=O)c2nc3ncccn3n2)c1C. The summed E-state index contributed by atoms with van der Waals surface area (Å²) in [7, 11) is 0. The number of fused-ring (bicyclic) bond motifs is 1. The molecule has 120 valence electrons. The molecule has 3 heterocycles. The van der Waals surface area contributed by atoms with Crippen LogP contribution >= 0.6 is 0 Å². The van der Waals surface area contributed by atoms with Crippen LogP contribution in [-0.2, 0) is 13.0 Å². The summed E-state index contributed by atoms with van der Waals surface area (Å²) in [5.74, 6) is 0.211. The Morgan fingerprint density at radius 3 is 2.83 bits per heavy atom. The zero-order chi connectivity index (χ0) is 16.4. The number of amides is 1. The van der Waals surface area contributed by atoms with Gasteiger partial charge in [-0.15, -0.1) is 5.10 Å². The second kappa shape index (κ2) is 6.15. The van der Waals surface area contributed by atoms with Gasteiger partial charge in [0.2, 0.25) is 5.82 Å². The molecule has 0 aliphatic carbocycles. The van der Waals surface area contributed by atoms with E-state index in [1.807, 2.05) is 11.6 Å². The number of hydrogen-bond donors (Lipinski definition) is 1. The second-order valence-corrected chi connectivity index (χ2v) is 5.28. The van der Waals surface area contributed by atoms with Gasteiger partial charge >= 0.3 is 0 Å². The first-order valence-electron chi connectivity index (χ1n) is 7.58. The van der Waals surface area contributed by atoms with Crippen LogP contribution in [0.25, 0.3) is 5.78 Å². The van der Waals surface area contributed by atoms with Gasteiger partial charge in [-0.2, -0.15) is 10.1 Å². The molecular formula is C15H19N7O. The van der Waals surface area contributed by atoms with Gasteiger partial charge in [-0.1, -0.05) is 6.92 Å². The van der Waals surface area contributed by atoms with Gasteiger partial charge in [0.1, 0.15) is 0 Å². The summed E-state index contributed by atoms with van der Waals surface area (Å²) in [5.41, 5.74) is 3.46. The molecule has 0 saturated heterocycles. The molecule has 0 bridgehead atoms. The lowest BCUT2D eigenvalue weighted by Crippen LogP contribution is -2.28. The summed E-state index contributed by atoms with van der Waals surface area (Å²) in [5, 5.41) is 11.4. The van der Waals surface area contributed by atoms with Crippen LogP contribution in [0.5, 0.6) is 0 Å². The molecule has 3 aromatic rings. The fourth-order valence-corrected chi connectivity index (χ4v) is 2.65. The van der Waals surface area contributed by atoms with Crippen LogP contribution in [0.1, 0.15) is 34.5 Å². The van der Waals surface area contributed by atoms with Crippen molar-refractivity contribution in [2.75, 3.05) is 6.54 Å². The van der Waals surface area contributed by atoms with Gasteiger partial charge in [0.05, 0.1) is 12.2 Å². The van der Waals surface area contributed by atoms with E-state index in [0.717, 1.165) is 17.8 Å². The number of hydrogen-bond acceptors (Lipinski definition) is 5. The lowest BCUT2D eigenvalue weighted by atomic mass is 10.1. The van der Waals surface area contributed by atoms with Crippen LogP contribution in [0.3, 0.4) is 0 Å². The van der Waals surface area contributed by atoms with Crippen molar-refractivity contribution in [2.24, 2.45) is 0 Å². The van der Waals surface area contributed by atoms with Gasteiger partial charge < -0.3 is 5.32 Å². The Hall–Kier alpha value is -2.77. The molecule has 0 atom stereocenters. The van der Waals surface area contributed by atoms with E-state index in [9.17, 15) is 4.79 Å². The van der Waals surface area contributed by atoms with Crippen LogP contribution in [-0.4, -0.2) is 41.8 Å². The van der Waals surface area contributed by atoms with Crippen LogP contribution in [0.15, 0.2) is 18.5 Å². The number of rotatable bonds is 5. The summed E-state index contributed by atoms with van der Waals surface area (Å²) in [4.78, 5) is 20.2. The largest absolute Gasteiger partial charge is 0.347 e. The number of aryl methyl sites for hydroxylation is 1. The van der Waals surface area contributed by atoms with Crippen molar-refractivity contribution in [3.05, 3.63) is 41.2 Å². The Morgan fingerprint density at radius 2 is 2.13 bits per heavy atom. The lowest BCUT2D eigenvalue weighted by Gasteiger charge is -2.05. The molecule has 3 aromatic heterocycles. The highest BCUT2D eigenvalue weighted by atomic mass is 16.2. The Balaban J connectivity index is 1.63. The van der Waals surface area contributed by atoms with E-state index in [1.165, 1.54) is 10.1 Å². The summed E-state index contributed by atoms with van der Waals surface area (Å²) >= 11 is 0. The van der Waals surface area contributed by atoms with Crippen molar-refractivity contribution in [3.63, 3.8) is 0 Å². The maximum absolute atomic E-state index is 12.1. The van der Waals surface area contributed by atoms with E-state index in [0.29, 0.717) is 18.9 Å². The number of nitrogens with zero attached hydrogens (tertiary/aromatic N) is 6. The molecule has 3 rings (SSSR count). The Labute approximate surface area is 133 Å². The van der Waals surface area contributed by atoms with E-state index >= 15 is 0 Å². The molecule has 8 nitrogen and oxygen atoms in total. The molecule has 0 fully saturated rings. The molecule has 0 aliphatic rings. The van der Waals surface area contributed by atoms with Crippen molar-refractivity contribution >= 4 is 11.7 Å². The van der Waals surface area contributed by atoms with E-state index in [1.54, 1.807) is 18.5 Å². The Morgan fingerprint density at radius 1 is 1.30 bits per heavy atom. The zero-order valence-corrected chi connectivity index (χ0v) is 13.4. The molecule has 0 aromatic carbocycles. The average molecular weight is 313 g/mol. The first kappa shape index (κ1) is 15.1. The average Bonchev–Trinajstić information content (AvgIpc) is 3.08. The summed E-state index contributed by atoms with van der Waals surface area (Å²) < 4.78 is 3.40. The zero-order valence-electron chi connectivity index (χ0n) is 13.4. The van der Waals surface area contributed by atoms with Crippen LogP contribution in [0, 0.1) is 13.8 Å². The van der Waals surface area contributed by atoms with Crippen molar-refractivity contribution in [2.45, 2.75) is 33.7 Å². The predicted molar refractivity (Wildman–Crippen MR) is 84.2 cm³/mol. The van der Waals surface area contributed by atoms with E-state index in [4.69, 9.17) is 0 Å². The molecule has 0 aliphatic heterocycles. The number of carbonyl (C=O) groups excluding carboxylic acids is 1. The third-order valence-electron chi connectivity index (χ3n) is 3.81. The van der Waals surface area contributed by atoms with Gasteiger partial charge in [0.15, 0.2) is 0 Å². The van der Waals surface area contributed by atoms with Gasteiger partial charge in [-0.3, -0.25) is 9.48 Å². The highest BCUT2D eigenvalue weighted by Gasteiger charge is 2.14. The van der Waals surface area contributed by atoms with Crippen LogP contribution < -0.4 is 5.32 Å². The van der Waals surface area contributed by atoms with Crippen LogP contribution in [0.2, 0.25) is 0 Å². The molecular weight excluding hydrogens is 294 g/mol. The molecule has 1 N–H and O–H groups in total. The van der Waals surface area contributed by atoms with Crippen molar-refractivity contribution in [1.29, 1.82) is 0 Å². The first-order chi connectivity index (χ1) is 11.1. The lowest BCUT2D eigenvalue weighted by molar-refractivity contribution is 0.0941. The van der Waals surface area contributed by atoms with E-state index in [-0.39, 0.29) is 11.7 Å². The molecule has 1 amide bonds. The topological polar surface area (TPSA) is 90.0 Å². The summed E-state index contributed by atoms with van der Waals surface area (Å²) in [6, 6.07) is 1.73. The smallest absolute Gasteiger partial charge is 0.291 e. The molecule has 0 saturated carbocycles. The maximum atomic E-state index is 12.1. The minimum absolute atomic E-state index is 0.117. The Kier molecular flexibility index (Phi) is 4.05. The van der Waals surface area contributed by atoms with E-state index < -0.39 is 0 Å². The van der Waals surface area contributed by atoms with Crippen molar-refractivity contribution in [3.8, 4) is 0 Å². The maximum Gasteiger partial charge on any atom is 0.291 e. The first-order valence-corrected chi connectivity index (χ1v) is 7.58. The fourth-order valence-electron chi connectivity index (χ4n) is 2.65. The van der Waals surface area contributed by atoms with Gasteiger partial charge in [0.25, 0.3) is 11.7 Å². The van der Waals surface area contributed by atoms with Crippen molar-refractivity contribution in [1.82, 2.24) is 34.7 Å².